The van der Waals surface area contributed by atoms with Crippen molar-refractivity contribution in [2.24, 2.45) is 0 Å². The molecule has 1 aliphatic heterocycles. The fraction of sp³-hybridized carbons (Fsp3) is 0.250. The van der Waals surface area contributed by atoms with Gasteiger partial charge < -0.3 is 5.32 Å². The second-order valence-corrected chi connectivity index (χ2v) is 3.42. The van der Waals surface area contributed by atoms with Gasteiger partial charge in [-0.2, -0.15) is 5.10 Å². The highest BCUT2D eigenvalue weighted by atomic mass is 35.5. The fourth-order valence-corrected chi connectivity index (χ4v) is 1.83. The van der Waals surface area contributed by atoms with Crippen molar-refractivity contribution < 1.29 is 0 Å². The molecule has 13 heavy (non-hydrogen) atoms. The molecule has 2 aromatic heterocycles. The predicted molar refractivity (Wildman–Crippen MR) is 50.2 cm³/mol. The highest BCUT2D eigenvalue weighted by Crippen LogP contribution is 2.22. The van der Waals surface area contributed by atoms with Crippen LogP contribution in [0.4, 0.5) is 5.69 Å². The van der Waals surface area contributed by atoms with Crippen molar-refractivity contribution in [3.05, 3.63) is 23.1 Å². The van der Waals surface area contributed by atoms with Crippen molar-refractivity contribution in [2.45, 2.75) is 6.42 Å². The number of anilines is 1. The summed E-state index contributed by atoms with van der Waals surface area (Å²) in [6, 6.07) is 1.76. The summed E-state index contributed by atoms with van der Waals surface area (Å²) in [5.74, 6) is 0. The van der Waals surface area contributed by atoms with Gasteiger partial charge in [0.1, 0.15) is 0 Å². The van der Waals surface area contributed by atoms with Crippen LogP contribution in [0.3, 0.4) is 0 Å². The molecule has 0 aromatic carbocycles. The first-order valence-electron chi connectivity index (χ1n) is 4.11. The minimum Gasteiger partial charge on any atom is -0.382 e. The lowest BCUT2D eigenvalue weighted by molar-refractivity contribution is 0.868. The zero-order valence-corrected chi connectivity index (χ0v) is 7.54. The lowest BCUT2D eigenvalue weighted by Gasteiger charge is -1.99. The van der Waals surface area contributed by atoms with E-state index in [4.69, 9.17) is 11.6 Å². The number of hydrogen-bond acceptors (Lipinski definition) is 3. The van der Waals surface area contributed by atoms with Gasteiger partial charge >= 0.3 is 0 Å². The van der Waals surface area contributed by atoms with E-state index in [2.05, 4.69) is 15.4 Å². The fourth-order valence-electron chi connectivity index (χ4n) is 1.66. The molecule has 0 spiro atoms. The molecule has 0 amide bonds. The number of nitrogens with zero attached hydrogens (tertiary/aromatic N) is 3. The van der Waals surface area contributed by atoms with Crippen LogP contribution in [0.1, 0.15) is 5.69 Å². The molecule has 0 radical (unpaired) electrons. The van der Waals surface area contributed by atoms with Gasteiger partial charge in [0.25, 0.3) is 0 Å². The minimum absolute atomic E-state index is 0.493. The van der Waals surface area contributed by atoms with Gasteiger partial charge in [0.15, 0.2) is 10.8 Å². The molecule has 0 saturated carbocycles. The van der Waals surface area contributed by atoms with E-state index in [9.17, 15) is 0 Å². The molecule has 0 aliphatic carbocycles. The number of rotatable bonds is 0. The first-order valence-corrected chi connectivity index (χ1v) is 4.49. The van der Waals surface area contributed by atoms with Crippen LogP contribution < -0.4 is 5.32 Å². The van der Waals surface area contributed by atoms with Gasteiger partial charge in [0.2, 0.25) is 0 Å². The maximum Gasteiger partial charge on any atom is 0.156 e. The van der Waals surface area contributed by atoms with E-state index < -0.39 is 0 Å². The molecular weight excluding hydrogens is 188 g/mol. The molecule has 1 aliphatic rings. The minimum atomic E-state index is 0.493. The zero-order valence-electron chi connectivity index (χ0n) is 6.79. The highest BCUT2D eigenvalue weighted by molar-refractivity contribution is 6.29. The maximum absolute atomic E-state index is 5.79. The lowest BCUT2D eigenvalue weighted by atomic mass is 10.3. The molecule has 2 aromatic rings. The molecule has 0 unspecified atom stereocenters. The third kappa shape index (κ3) is 0.920. The predicted octanol–water partition coefficient (Wildman–Crippen LogP) is 1.35. The zero-order chi connectivity index (χ0) is 8.84. The van der Waals surface area contributed by atoms with Gasteiger partial charge in [0.05, 0.1) is 17.6 Å². The largest absolute Gasteiger partial charge is 0.382 e. The third-order valence-electron chi connectivity index (χ3n) is 2.23. The molecular formula is C8H7ClN4. The molecule has 5 heteroatoms. The van der Waals surface area contributed by atoms with Crippen molar-refractivity contribution in [3.63, 3.8) is 0 Å². The van der Waals surface area contributed by atoms with E-state index in [1.807, 2.05) is 6.20 Å². The maximum atomic E-state index is 5.79. The van der Waals surface area contributed by atoms with E-state index in [0.717, 1.165) is 30.0 Å². The smallest absolute Gasteiger partial charge is 0.156 e. The van der Waals surface area contributed by atoms with Gasteiger partial charge in [-0.25, -0.2) is 9.50 Å². The SMILES string of the molecule is Clc1cc2ncc3c(n2n1)CCN3. The second-order valence-electron chi connectivity index (χ2n) is 3.03. The number of halogens is 1. The van der Waals surface area contributed by atoms with Gasteiger partial charge in [-0.1, -0.05) is 11.6 Å². The lowest BCUT2D eigenvalue weighted by Crippen LogP contribution is -1.97. The average Bonchev–Trinajstić information content (AvgIpc) is 2.65. The summed E-state index contributed by atoms with van der Waals surface area (Å²) in [4.78, 5) is 4.23. The highest BCUT2D eigenvalue weighted by Gasteiger charge is 2.15. The standard InChI is InChI=1S/C8H7ClN4/c9-7-3-8-11-4-5-6(1-2-10-5)13(8)12-7/h3-4,10H,1-2H2. The van der Waals surface area contributed by atoms with Gasteiger partial charge in [-0.3, -0.25) is 0 Å². The molecule has 0 saturated heterocycles. The Kier molecular flexibility index (Phi) is 1.29. The summed E-state index contributed by atoms with van der Waals surface area (Å²) in [6.45, 7) is 0.952. The van der Waals surface area contributed by atoms with E-state index in [0.29, 0.717) is 5.15 Å². The topological polar surface area (TPSA) is 42.2 Å². The first kappa shape index (κ1) is 7.15. The normalized spacial score (nSPS) is 14.5. The molecule has 66 valence electrons. The van der Waals surface area contributed by atoms with Crippen molar-refractivity contribution in [1.29, 1.82) is 0 Å². The number of aromatic nitrogens is 3. The monoisotopic (exact) mass is 194 g/mol. The van der Waals surface area contributed by atoms with Gasteiger partial charge in [0, 0.05) is 19.0 Å². The van der Waals surface area contributed by atoms with E-state index in [1.54, 1.807) is 10.6 Å². The summed E-state index contributed by atoms with van der Waals surface area (Å²) >= 11 is 5.79. The third-order valence-corrected chi connectivity index (χ3v) is 2.42. The summed E-state index contributed by atoms with van der Waals surface area (Å²) in [5.41, 5.74) is 3.04. The first-order chi connectivity index (χ1) is 6.34. The summed E-state index contributed by atoms with van der Waals surface area (Å²) in [7, 11) is 0. The summed E-state index contributed by atoms with van der Waals surface area (Å²) in [5, 5.41) is 7.89. The number of hydrogen-bond donors (Lipinski definition) is 1. The van der Waals surface area contributed by atoms with Gasteiger partial charge in [-0.05, 0) is 0 Å². The molecule has 4 nitrogen and oxygen atoms in total. The van der Waals surface area contributed by atoms with Crippen LogP contribution >= 0.6 is 11.6 Å². The van der Waals surface area contributed by atoms with Crippen molar-refractivity contribution in [3.8, 4) is 0 Å². The Morgan fingerprint density at radius 2 is 2.46 bits per heavy atom. The average molecular weight is 195 g/mol. The molecule has 0 atom stereocenters. The molecule has 1 N–H and O–H groups in total. The molecule has 3 rings (SSSR count). The summed E-state index contributed by atoms with van der Waals surface area (Å²) in [6.07, 6.45) is 2.81. The van der Waals surface area contributed by atoms with Crippen LogP contribution in [-0.4, -0.2) is 21.1 Å². The van der Waals surface area contributed by atoms with Crippen molar-refractivity contribution in [2.75, 3.05) is 11.9 Å². The Balaban J connectivity index is 2.42. The van der Waals surface area contributed by atoms with Crippen LogP contribution in [0.15, 0.2) is 12.3 Å². The molecule has 0 bridgehead atoms. The van der Waals surface area contributed by atoms with E-state index in [-0.39, 0.29) is 0 Å². The van der Waals surface area contributed by atoms with E-state index in [1.165, 1.54) is 0 Å². The van der Waals surface area contributed by atoms with E-state index >= 15 is 0 Å². The summed E-state index contributed by atoms with van der Waals surface area (Å²) < 4.78 is 1.80. The van der Waals surface area contributed by atoms with Crippen LogP contribution in [0.5, 0.6) is 0 Å². The number of fused-ring (bicyclic) bond motifs is 3. The van der Waals surface area contributed by atoms with Gasteiger partial charge in [-0.15, -0.1) is 0 Å². The van der Waals surface area contributed by atoms with Crippen molar-refractivity contribution >= 4 is 22.9 Å². The Bertz CT molecular complexity index is 476. The Morgan fingerprint density at radius 1 is 1.54 bits per heavy atom. The van der Waals surface area contributed by atoms with Crippen LogP contribution in [-0.2, 0) is 6.42 Å². The Labute approximate surface area is 79.5 Å². The Hall–Kier alpha value is -1.29. The quantitative estimate of drug-likeness (QED) is 0.689. The second kappa shape index (κ2) is 2.35. The van der Waals surface area contributed by atoms with Crippen LogP contribution in [0, 0.1) is 0 Å². The van der Waals surface area contributed by atoms with Crippen LogP contribution in [0.2, 0.25) is 5.15 Å². The van der Waals surface area contributed by atoms with Crippen LogP contribution in [0.25, 0.3) is 5.65 Å². The molecule has 0 fully saturated rings. The number of nitrogens with one attached hydrogen (secondary N) is 1. The molecule has 3 heterocycles. The Morgan fingerprint density at radius 3 is 3.38 bits per heavy atom. The van der Waals surface area contributed by atoms with Crippen molar-refractivity contribution in [1.82, 2.24) is 14.6 Å².